The monoisotopic (exact) mass is 398 g/mol. The second kappa shape index (κ2) is 10.2. The van der Waals surface area contributed by atoms with E-state index in [1.54, 1.807) is 6.92 Å². The van der Waals surface area contributed by atoms with Crippen LogP contribution in [0.2, 0.25) is 0 Å². The van der Waals surface area contributed by atoms with E-state index in [0.717, 1.165) is 47.8 Å². The van der Waals surface area contributed by atoms with Gasteiger partial charge in [-0.2, -0.15) is 4.31 Å². The number of carbonyl (C=O) groups is 1. The minimum atomic E-state index is -3.95. The van der Waals surface area contributed by atoms with Crippen LogP contribution in [0.3, 0.4) is 0 Å². The van der Waals surface area contributed by atoms with Crippen LogP contribution in [0, 0.1) is 16.0 Å². The Morgan fingerprint density at radius 3 is 2.44 bits per heavy atom. The Bertz CT molecular complexity index is 761. The number of nitro groups is 1. The highest BCUT2D eigenvalue weighted by Crippen LogP contribution is 2.19. The number of nitro benzene ring substituents is 1. The Balaban J connectivity index is 2.67. The minimum Gasteiger partial charge on any atom is -0.461 e. The van der Waals surface area contributed by atoms with Gasteiger partial charge in [-0.25, -0.2) is 8.42 Å². The molecule has 150 valence electrons. The molecular weight excluding hydrogens is 372 g/mol. The molecule has 1 rings (SSSR count). The fourth-order valence-corrected chi connectivity index (χ4v) is 3.48. The van der Waals surface area contributed by atoms with Gasteiger partial charge >= 0.3 is 5.97 Å². The zero-order valence-corrected chi connectivity index (χ0v) is 16.6. The largest absolute Gasteiger partial charge is 0.461 e. The van der Waals surface area contributed by atoms with E-state index < -0.39 is 27.5 Å². The SMILES string of the molecule is C=CCCC[C@H](C)[C@@H](C)OC(=O)CN(C)S(=O)(=O)c1ccc([N+](=O)[O-])cc1. The highest BCUT2D eigenvalue weighted by atomic mass is 32.2. The summed E-state index contributed by atoms with van der Waals surface area (Å²) < 4.78 is 31.2. The predicted molar refractivity (Wildman–Crippen MR) is 102 cm³/mol. The molecule has 0 radical (unpaired) electrons. The average Bonchev–Trinajstić information content (AvgIpc) is 2.61. The lowest BCUT2D eigenvalue weighted by Gasteiger charge is -2.22. The topological polar surface area (TPSA) is 107 Å². The van der Waals surface area contributed by atoms with Gasteiger partial charge in [-0.3, -0.25) is 14.9 Å². The summed E-state index contributed by atoms with van der Waals surface area (Å²) in [6.07, 6.45) is 4.21. The quantitative estimate of drug-likeness (QED) is 0.186. The lowest BCUT2D eigenvalue weighted by molar-refractivity contribution is -0.384. The maximum absolute atomic E-state index is 12.5. The second-order valence-corrected chi connectivity index (χ2v) is 8.45. The zero-order valence-electron chi connectivity index (χ0n) is 15.8. The fraction of sp³-hybridized carbons (Fsp3) is 0.500. The molecule has 0 aliphatic rings. The van der Waals surface area contributed by atoms with Crippen LogP contribution in [-0.4, -0.2) is 43.3 Å². The predicted octanol–water partition coefficient (Wildman–Crippen LogP) is 3.14. The van der Waals surface area contributed by atoms with Crippen molar-refractivity contribution in [1.82, 2.24) is 4.31 Å². The van der Waals surface area contributed by atoms with Crippen LogP contribution in [0.25, 0.3) is 0 Å². The number of non-ortho nitro benzene ring substituents is 1. The van der Waals surface area contributed by atoms with Crippen molar-refractivity contribution in [3.05, 3.63) is 47.0 Å². The number of likely N-dealkylation sites (N-methyl/N-ethyl adjacent to an activating group) is 1. The van der Waals surface area contributed by atoms with Crippen LogP contribution < -0.4 is 0 Å². The minimum absolute atomic E-state index is 0.130. The molecule has 0 amide bonds. The molecule has 0 saturated heterocycles. The lowest BCUT2D eigenvalue weighted by Crippen LogP contribution is -2.35. The van der Waals surface area contributed by atoms with Crippen LogP contribution in [-0.2, 0) is 19.6 Å². The molecule has 0 unspecified atom stereocenters. The van der Waals surface area contributed by atoms with E-state index in [9.17, 15) is 23.3 Å². The van der Waals surface area contributed by atoms with Gasteiger partial charge in [0.1, 0.15) is 12.6 Å². The normalized spacial score (nSPS) is 13.8. The molecule has 2 atom stereocenters. The summed E-state index contributed by atoms with van der Waals surface area (Å²) in [5.74, 6) is -0.503. The third-order valence-electron chi connectivity index (χ3n) is 4.29. The Kier molecular flexibility index (Phi) is 8.58. The summed E-state index contributed by atoms with van der Waals surface area (Å²) in [5, 5.41) is 10.7. The highest BCUT2D eigenvalue weighted by Gasteiger charge is 2.25. The molecule has 0 saturated carbocycles. The number of unbranched alkanes of at least 4 members (excludes halogenated alkanes) is 1. The number of allylic oxidation sites excluding steroid dienone is 1. The standard InChI is InChI=1S/C18H26N2O6S/c1-5-6-7-8-14(2)15(3)26-18(21)13-19(4)27(24,25)17-11-9-16(10-12-17)20(22)23/h5,9-12,14-15H,1,6-8,13H2,2-4H3/t14-,15+/m0/s1. The Morgan fingerprint density at radius 2 is 1.93 bits per heavy atom. The van der Waals surface area contributed by atoms with Crippen molar-refractivity contribution in [3.63, 3.8) is 0 Å². The van der Waals surface area contributed by atoms with Crippen molar-refractivity contribution in [1.29, 1.82) is 0 Å². The van der Waals surface area contributed by atoms with E-state index in [2.05, 4.69) is 6.58 Å². The molecular formula is C18H26N2O6S. The Hall–Kier alpha value is -2.26. The highest BCUT2D eigenvalue weighted by molar-refractivity contribution is 7.89. The Morgan fingerprint density at radius 1 is 1.33 bits per heavy atom. The number of ether oxygens (including phenoxy) is 1. The van der Waals surface area contributed by atoms with Crippen LogP contribution in [0.4, 0.5) is 5.69 Å². The van der Waals surface area contributed by atoms with Gasteiger partial charge < -0.3 is 4.74 Å². The van der Waals surface area contributed by atoms with E-state index in [1.165, 1.54) is 7.05 Å². The third-order valence-corrected chi connectivity index (χ3v) is 6.11. The van der Waals surface area contributed by atoms with Crippen molar-refractivity contribution in [3.8, 4) is 0 Å². The van der Waals surface area contributed by atoms with Crippen LogP contribution >= 0.6 is 0 Å². The maximum atomic E-state index is 12.5. The molecule has 0 fully saturated rings. The number of nitrogens with zero attached hydrogens (tertiary/aromatic N) is 2. The van der Waals surface area contributed by atoms with E-state index in [-0.39, 0.29) is 22.6 Å². The molecule has 0 N–H and O–H groups in total. The van der Waals surface area contributed by atoms with E-state index in [4.69, 9.17) is 4.74 Å². The molecule has 0 aliphatic carbocycles. The number of carbonyl (C=O) groups excluding carboxylic acids is 1. The van der Waals surface area contributed by atoms with E-state index >= 15 is 0 Å². The molecule has 8 nitrogen and oxygen atoms in total. The van der Waals surface area contributed by atoms with Crippen molar-refractivity contribution < 1.29 is 22.9 Å². The lowest BCUT2D eigenvalue weighted by atomic mass is 9.99. The average molecular weight is 398 g/mol. The van der Waals surface area contributed by atoms with Crippen molar-refractivity contribution >= 4 is 21.7 Å². The number of benzene rings is 1. The number of rotatable bonds is 11. The molecule has 1 aromatic carbocycles. The van der Waals surface area contributed by atoms with Gasteiger partial charge in [0.15, 0.2) is 0 Å². The molecule has 0 bridgehead atoms. The molecule has 1 aromatic rings. The van der Waals surface area contributed by atoms with Gasteiger partial charge in [0.2, 0.25) is 10.0 Å². The van der Waals surface area contributed by atoms with Gasteiger partial charge in [0.25, 0.3) is 5.69 Å². The van der Waals surface area contributed by atoms with Gasteiger partial charge in [-0.05, 0) is 44.2 Å². The second-order valence-electron chi connectivity index (χ2n) is 6.40. The molecule has 0 heterocycles. The van der Waals surface area contributed by atoms with Crippen molar-refractivity contribution in [2.75, 3.05) is 13.6 Å². The summed E-state index contributed by atoms with van der Waals surface area (Å²) in [6, 6.07) is 4.48. The number of hydrogen-bond acceptors (Lipinski definition) is 6. The first-order chi connectivity index (χ1) is 12.6. The van der Waals surface area contributed by atoms with Crippen LogP contribution in [0.15, 0.2) is 41.8 Å². The van der Waals surface area contributed by atoms with Gasteiger partial charge in [-0.15, -0.1) is 6.58 Å². The summed E-state index contributed by atoms with van der Waals surface area (Å²) in [6.45, 7) is 6.97. The van der Waals surface area contributed by atoms with E-state index in [0.29, 0.717) is 0 Å². The van der Waals surface area contributed by atoms with Crippen LogP contribution in [0.5, 0.6) is 0 Å². The summed E-state index contributed by atoms with van der Waals surface area (Å²) in [4.78, 5) is 22.0. The number of hydrogen-bond donors (Lipinski definition) is 0. The number of sulfonamides is 1. The first-order valence-corrected chi connectivity index (χ1v) is 10.0. The summed E-state index contributed by atoms with van der Waals surface area (Å²) in [7, 11) is -2.69. The first kappa shape index (κ1) is 22.8. The maximum Gasteiger partial charge on any atom is 0.321 e. The van der Waals surface area contributed by atoms with Gasteiger partial charge in [0.05, 0.1) is 9.82 Å². The summed E-state index contributed by atoms with van der Waals surface area (Å²) in [5.41, 5.74) is -0.213. The van der Waals surface area contributed by atoms with Crippen LogP contribution in [0.1, 0.15) is 33.1 Å². The molecule has 0 spiro atoms. The molecule has 27 heavy (non-hydrogen) atoms. The zero-order chi connectivity index (χ0) is 20.6. The van der Waals surface area contributed by atoms with Gasteiger partial charge in [0, 0.05) is 19.2 Å². The molecule has 0 aliphatic heterocycles. The first-order valence-electron chi connectivity index (χ1n) is 8.60. The summed E-state index contributed by atoms with van der Waals surface area (Å²) >= 11 is 0. The van der Waals surface area contributed by atoms with Crippen molar-refractivity contribution in [2.45, 2.75) is 44.1 Å². The van der Waals surface area contributed by atoms with Gasteiger partial charge in [-0.1, -0.05) is 13.0 Å². The third kappa shape index (κ3) is 6.76. The number of esters is 1. The smallest absolute Gasteiger partial charge is 0.321 e. The molecule has 0 aromatic heterocycles. The Labute approximate surface area is 160 Å². The molecule has 9 heteroatoms. The van der Waals surface area contributed by atoms with E-state index in [1.807, 2.05) is 13.0 Å². The fourth-order valence-electron chi connectivity index (χ4n) is 2.37. The van der Waals surface area contributed by atoms with Crippen molar-refractivity contribution in [2.24, 2.45) is 5.92 Å².